The van der Waals surface area contributed by atoms with Crippen LogP contribution in [0.5, 0.6) is 0 Å². The van der Waals surface area contributed by atoms with Gasteiger partial charge in [-0.05, 0) is 10.8 Å². The second-order valence-corrected chi connectivity index (χ2v) is 4.76. The summed E-state index contributed by atoms with van der Waals surface area (Å²) in [4.78, 5) is 25.8. The third-order valence-corrected chi connectivity index (χ3v) is 3.42. The molecule has 0 saturated carbocycles. The predicted molar refractivity (Wildman–Crippen MR) is 81.9 cm³/mol. The maximum Gasteiger partial charge on any atom is 0.278 e. The van der Waals surface area contributed by atoms with Crippen LogP contribution in [0.15, 0.2) is 47.3 Å². The van der Waals surface area contributed by atoms with Crippen LogP contribution in [0.4, 0.5) is 5.95 Å². The summed E-state index contributed by atoms with van der Waals surface area (Å²) in [7, 11) is 0. The molecule has 0 unspecified atom stereocenters. The number of imidazole rings is 1. The summed E-state index contributed by atoms with van der Waals surface area (Å²) < 4.78 is 0. The molecule has 4 aromatic rings. The molecule has 4 N–H and O–H groups in total. The van der Waals surface area contributed by atoms with E-state index in [1.54, 1.807) is 0 Å². The Labute approximate surface area is 118 Å². The van der Waals surface area contributed by atoms with Gasteiger partial charge in [0.1, 0.15) is 5.82 Å². The number of nitrogens with two attached hydrogens (primary N) is 1. The molecule has 2 aromatic carbocycles. The number of nitrogens with zero attached hydrogens (tertiary/aromatic N) is 2. The Bertz CT molecular complexity index is 1030. The van der Waals surface area contributed by atoms with Gasteiger partial charge < -0.3 is 10.7 Å². The van der Waals surface area contributed by atoms with Crippen molar-refractivity contribution in [2.24, 2.45) is 0 Å². The molecule has 21 heavy (non-hydrogen) atoms. The van der Waals surface area contributed by atoms with Gasteiger partial charge in [0, 0.05) is 5.56 Å². The SMILES string of the molecule is Nc1nc2nc(-c3cccc4ccccc34)[nH]c2c(=O)[nH]1. The number of hydrogen-bond acceptors (Lipinski definition) is 4. The first-order chi connectivity index (χ1) is 10.2. The lowest BCUT2D eigenvalue weighted by molar-refractivity contribution is 1.17. The number of rotatable bonds is 1. The van der Waals surface area contributed by atoms with Crippen LogP contribution in [0.2, 0.25) is 0 Å². The van der Waals surface area contributed by atoms with Gasteiger partial charge in [-0.2, -0.15) is 4.98 Å². The van der Waals surface area contributed by atoms with Gasteiger partial charge in [0.05, 0.1) is 0 Å². The van der Waals surface area contributed by atoms with Gasteiger partial charge in [-0.3, -0.25) is 9.78 Å². The molecule has 6 heteroatoms. The van der Waals surface area contributed by atoms with E-state index in [0.29, 0.717) is 17.0 Å². The standard InChI is InChI=1S/C15H11N5O/c16-15-19-13-11(14(21)20-15)17-12(18-13)10-7-3-5-8-4-1-2-6-9(8)10/h1-7H,(H4,16,17,18,19,20,21). The first-order valence-corrected chi connectivity index (χ1v) is 6.46. The minimum atomic E-state index is -0.323. The average Bonchev–Trinajstić information content (AvgIpc) is 2.90. The van der Waals surface area contributed by atoms with Crippen LogP contribution in [0, 0.1) is 0 Å². The van der Waals surface area contributed by atoms with Crippen molar-refractivity contribution >= 4 is 27.9 Å². The lowest BCUT2D eigenvalue weighted by Crippen LogP contribution is -2.10. The van der Waals surface area contributed by atoms with Crippen molar-refractivity contribution in [3.63, 3.8) is 0 Å². The summed E-state index contributed by atoms with van der Waals surface area (Å²) in [5, 5.41) is 2.17. The Morgan fingerprint density at radius 3 is 2.67 bits per heavy atom. The number of H-pyrrole nitrogens is 2. The summed E-state index contributed by atoms with van der Waals surface area (Å²) in [5.74, 6) is 0.661. The van der Waals surface area contributed by atoms with Gasteiger partial charge in [-0.25, -0.2) is 4.98 Å². The van der Waals surface area contributed by atoms with Crippen molar-refractivity contribution in [1.82, 2.24) is 19.9 Å². The highest BCUT2D eigenvalue weighted by Gasteiger charge is 2.12. The zero-order valence-corrected chi connectivity index (χ0v) is 10.9. The average molecular weight is 277 g/mol. The third-order valence-electron chi connectivity index (χ3n) is 3.42. The number of nitrogen functional groups attached to an aromatic ring is 1. The van der Waals surface area contributed by atoms with Crippen molar-refractivity contribution in [1.29, 1.82) is 0 Å². The molecule has 0 saturated heterocycles. The maximum absolute atomic E-state index is 11.9. The number of fused-ring (bicyclic) bond motifs is 2. The van der Waals surface area contributed by atoms with Gasteiger partial charge >= 0.3 is 0 Å². The Morgan fingerprint density at radius 2 is 1.76 bits per heavy atom. The maximum atomic E-state index is 11.9. The van der Waals surface area contributed by atoms with Crippen LogP contribution >= 0.6 is 0 Å². The van der Waals surface area contributed by atoms with Crippen LogP contribution in [0.1, 0.15) is 0 Å². The van der Waals surface area contributed by atoms with Gasteiger partial charge in [0.25, 0.3) is 5.56 Å². The summed E-state index contributed by atoms with van der Waals surface area (Å²) in [6.45, 7) is 0. The smallest absolute Gasteiger partial charge is 0.278 e. The zero-order valence-electron chi connectivity index (χ0n) is 10.9. The molecule has 0 aliphatic rings. The van der Waals surface area contributed by atoms with E-state index in [4.69, 9.17) is 5.73 Å². The fraction of sp³-hybridized carbons (Fsp3) is 0. The number of benzene rings is 2. The molecule has 2 heterocycles. The predicted octanol–water partition coefficient (Wildman–Crippen LogP) is 2.05. The monoisotopic (exact) mass is 277 g/mol. The van der Waals surface area contributed by atoms with E-state index in [0.717, 1.165) is 16.3 Å². The van der Waals surface area contributed by atoms with Crippen LogP contribution in [0.3, 0.4) is 0 Å². The minimum Gasteiger partial charge on any atom is -0.369 e. The number of aromatic amines is 2. The van der Waals surface area contributed by atoms with Crippen LogP contribution < -0.4 is 11.3 Å². The van der Waals surface area contributed by atoms with E-state index < -0.39 is 0 Å². The minimum absolute atomic E-state index is 0.0588. The molecule has 0 aliphatic heterocycles. The van der Waals surface area contributed by atoms with E-state index in [1.165, 1.54) is 0 Å². The number of anilines is 1. The summed E-state index contributed by atoms with van der Waals surface area (Å²) in [5.41, 5.74) is 6.79. The molecule has 6 nitrogen and oxygen atoms in total. The van der Waals surface area contributed by atoms with Crippen LogP contribution in [0.25, 0.3) is 33.3 Å². The van der Waals surface area contributed by atoms with E-state index in [2.05, 4.69) is 19.9 Å². The van der Waals surface area contributed by atoms with Gasteiger partial charge in [0.15, 0.2) is 11.2 Å². The van der Waals surface area contributed by atoms with Gasteiger partial charge in [-0.1, -0.05) is 42.5 Å². The Kier molecular flexibility index (Phi) is 2.32. The van der Waals surface area contributed by atoms with Crippen molar-refractivity contribution < 1.29 is 0 Å². The van der Waals surface area contributed by atoms with Crippen LogP contribution in [-0.2, 0) is 0 Å². The van der Waals surface area contributed by atoms with E-state index in [1.807, 2.05) is 42.5 Å². The highest BCUT2D eigenvalue weighted by molar-refractivity contribution is 5.96. The quantitative estimate of drug-likeness (QED) is 0.495. The first kappa shape index (κ1) is 11.7. The van der Waals surface area contributed by atoms with Crippen molar-refractivity contribution in [3.05, 3.63) is 52.8 Å². The molecule has 2 aromatic heterocycles. The fourth-order valence-corrected chi connectivity index (χ4v) is 2.48. The van der Waals surface area contributed by atoms with Crippen molar-refractivity contribution in [3.8, 4) is 11.4 Å². The van der Waals surface area contributed by atoms with Crippen molar-refractivity contribution in [2.75, 3.05) is 5.73 Å². The first-order valence-electron chi connectivity index (χ1n) is 6.46. The molecule has 0 atom stereocenters. The normalized spacial score (nSPS) is 11.2. The van der Waals surface area contributed by atoms with E-state index in [9.17, 15) is 4.79 Å². The largest absolute Gasteiger partial charge is 0.369 e. The van der Waals surface area contributed by atoms with Gasteiger partial charge in [-0.15, -0.1) is 0 Å². The molecular weight excluding hydrogens is 266 g/mol. The third kappa shape index (κ3) is 1.77. The molecule has 0 fully saturated rings. The Morgan fingerprint density at radius 1 is 0.952 bits per heavy atom. The molecule has 0 aliphatic carbocycles. The Balaban J connectivity index is 2.05. The molecule has 0 bridgehead atoms. The molecular formula is C15H11N5O. The van der Waals surface area contributed by atoms with Gasteiger partial charge in [0.2, 0.25) is 5.95 Å². The lowest BCUT2D eigenvalue weighted by Gasteiger charge is -2.02. The zero-order chi connectivity index (χ0) is 14.4. The molecule has 102 valence electrons. The summed E-state index contributed by atoms with van der Waals surface area (Å²) in [6.07, 6.45) is 0. The summed E-state index contributed by atoms with van der Waals surface area (Å²) in [6, 6.07) is 13.9. The number of aromatic nitrogens is 4. The fourth-order valence-electron chi connectivity index (χ4n) is 2.48. The molecule has 0 amide bonds. The molecule has 0 spiro atoms. The van der Waals surface area contributed by atoms with E-state index in [-0.39, 0.29) is 11.5 Å². The highest BCUT2D eigenvalue weighted by Crippen LogP contribution is 2.27. The lowest BCUT2D eigenvalue weighted by atomic mass is 10.0. The second kappa shape index (κ2) is 4.17. The molecule has 4 rings (SSSR count). The molecule has 0 radical (unpaired) electrons. The second-order valence-electron chi connectivity index (χ2n) is 4.76. The highest BCUT2D eigenvalue weighted by atomic mass is 16.1. The Hall–Kier alpha value is -3.15. The number of hydrogen-bond donors (Lipinski definition) is 3. The number of nitrogens with one attached hydrogen (secondary N) is 2. The topological polar surface area (TPSA) is 100 Å². The van der Waals surface area contributed by atoms with Crippen LogP contribution in [-0.4, -0.2) is 19.9 Å². The van der Waals surface area contributed by atoms with E-state index >= 15 is 0 Å². The summed E-state index contributed by atoms with van der Waals surface area (Å²) >= 11 is 0. The van der Waals surface area contributed by atoms with Crippen molar-refractivity contribution in [2.45, 2.75) is 0 Å².